The summed E-state index contributed by atoms with van der Waals surface area (Å²) in [6.07, 6.45) is 0. The summed E-state index contributed by atoms with van der Waals surface area (Å²) in [7, 11) is 0. The van der Waals surface area contributed by atoms with Gasteiger partial charge >= 0.3 is 5.97 Å². The third-order valence-electron chi connectivity index (χ3n) is 4.44. The molecular weight excluding hydrogens is 356 g/mol. The Kier molecular flexibility index (Phi) is 3.61. The zero-order valence-electron chi connectivity index (χ0n) is 13.3. The Labute approximate surface area is 155 Å². The van der Waals surface area contributed by atoms with Crippen molar-refractivity contribution in [2.24, 2.45) is 0 Å². The van der Waals surface area contributed by atoms with E-state index in [2.05, 4.69) is 5.43 Å². The molecule has 0 aromatic heterocycles. The smallest absolute Gasteiger partial charge is 0.357 e. The molecule has 0 saturated heterocycles. The van der Waals surface area contributed by atoms with Crippen molar-refractivity contribution in [3.8, 4) is 5.75 Å². The Balaban J connectivity index is 1.99. The number of benzene rings is 2. The molecule has 25 heavy (non-hydrogen) atoms. The van der Waals surface area contributed by atoms with Gasteiger partial charge in [0.2, 0.25) is 5.05 Å². The molecule has 0 aliphatic carbocycles. The van der Waals surface area contributed by atoms with Gasteiger partial charge in [-0.15, -0.1) is 4.00 Å². The van der Waals surface area contributed by atoms with E-state index in [1.807, 2.05) is 55.5 Å². The van der Waals surface area contributed by atoms with Crippen LogP contribution in [0.15, 0.2) is 59.8 Å². The minimum absolute atomic E-state index is 0.0148. The highest BCUT2D eigenvalue weighted by Crippen LogP contribution is 2.51. The molecule has 7 heteroatoms. The minimum atomic E-state index is -1.09. The molecule has 0 radical (unpaired) electrons. The van der Waals surface area contributed by atoms with Crippen molar-refractivity contribution < 1.29 is 14.6 Å². The van der Waals surface area contributed by atoms with Crippen molar-refractivity contribution in [3.63, 3.8) is 0 Å². The summed E-state index contributed by atoms with van der Waals surface area (Å²) in [5.74, 6) is -0.467. The number of para-hydroxylation sites is 1. The number of carboxylic acids is 1. The van der Waals surface area contributed by atoms with Crippen LogP contribution >= 0.6 is 25.0 Å². The minimum Gasteiger partial charge on any atom is -0.476 e. The molecule has 0 amide bonds. The number of fused-ring (bicyclic) bond motifs is 3. The van der Waals surface area contributed by atoms with Crippen molar-refractivity contribution in [3.05, 3.63) is 70.9 Å². The van der Waals surface area contributed by atoms with Gasteiger partial charge in [-0.25, -0.2) is 10.2 Å². The second kappa shape index (κ2) is 5.59. The zero-order valence-corrected chi connectivity index (χ0v) is 15.0. The Morgan fingerprint density at radius 2 is 2.04 bits per heavy atom. The maximum atomic E-state index is 11.8. The van der Waals surface area contributed by atoms with Crippen LogP contribution < -0.4 is 14.2 Å². The molecule has 2 aromatic rings. The summed E-state index contributed by atoms with van der Waals surface area (Å²) < 4.78 is 5.59. The Morgan fingerprint density at radius 3 is 2.76 bits per heavy atom. The average Bonchev–Trinajstić information content (AvgIpc) is 2.91. The van der Waals surface area contributed by atoms with Gasteiger partial charge in [0.1, 0.15) is 11.3 Å². The van der Waals surface area contributed by atoms with Crippen LogP contribution in [-0.2, 0) is 4.79 Å². The number of carbonyl (C=O) groups is 1. The number of hydrogen-bond donors (Lipinski definition) is 3. The lowest BCUT2D eigenvalue weighted by molar-refractivity contribution is -0.133. The molecule has 0 fully saturated rings. The van der Waals surface area contributed by atoms with Crippen LogP contribution in [0.3, 0.4) is 0 Å². The molecule has 2 heterocycles. The van der Waals surface area contributed by atoms with Crippen LogP contribution in [0.5, 0.6) is 5.75 Å². The number of thiocarbonyl (C=S) groups is 1. The molecule has 2 unspecified atom stereocenters. The van der Waals surface area contributed by atoms with Gasteiger partial charge in [-0.1, -0.05) is 24.3 Å². The SMILES string of the molecule is Cc1cccc([N+]2(S)NC(C(=O)O)=C3C(=S)Oc4ccccc4C32)c1. The molecule has 2 aliphatic rings. The summed E-state index contributed by atoms with van der Waals surface area (Å²) in [4.78, 5) is 11.8. The summed E-state index contributed by atoms with van der Waals surface area (Å²) in [6, 6.07) is 14.9. The summed E-state index contributed by atoms with van der Waals surface area (Å²) in [6.45, 7) is 1.98. The number of hydrogen-bond acceptors (Lipinski definition) is 5. The normalized spacial score (nSPS) is 24.2. The fourth-order valence-corrected chi connectivity index (χ4v) is 4.13. The van der Waals surface area contributed by atoms with Crippen LogP contribution in [0.2, 0.25) is 0 Å². The molecule has 5 nitrogen and oxygen atoms in total. The fourth-order valence-electron chi connectivity index (χ4n) is 3.36. The first-order valence-electron chi connectivity index (χ1n) is 7.67. The van der Waals surface area contributed by atoms with Gasteiger partial charge in [0.05, 0.1) is 18.4 Å². The molecule has 2 N–H and O–H groups in total. The van der Waals surface area contributed by atoms with Gasteiger partial charge in [-0.2, -0.15) is 0 Å². The number of quaternary nitrogens is 1. The molecule has 0 bridgehead atoms. The summed E-state index contributed by atoms with van der Waals surface area (Å²) in [5.41, 5.74) is 6.21. The predicted molar refractivity (Wildman–Crippen MR) is 102 cm³/mol. The van der Waals surface area contributed by atoms with E-state index < -0.39 is 12.0 Å². The summed E-state index contributed by atoms with van der Waals surface area (Å²) >= 11 is 10.2. The lowest BCUT2D eigenvalue weighted by atomic mass is 9.94. The standard InChI is InChI=1S/C18H14N2O3S2/c1-10-5-4-6-11(9-10)20(25)16-12-7-2-3-8-13(12)23-18(24)14(16)15(19-20)17(21)22/h2-9,16,25H,1H3,(H-,19,21,22,24)/p+1. The second-order valence-electron chi connectivity index (χ2n) is 6.06. The van der Waals surface area contributed by atoms with Gasteiger partial charge in [0.25, 0.3) is 0 Å². The predicted octanol–water partition coefficient (Wildman–Crippen LogP) is 3.47. The van der Waals surface area contributed by atoms with Crippen LogP contribution in [0.25, 0.3) is 0 Å². The van der Waals surface area contributed by atoms with Gasteiger partial charge in [-0.05, 0) is 36.8 Å². The Morgan fingerprint density at radius 1 is 1.28 bits per heavy atom. The lowest BCUT2D eigenvalue weighted by Crippen LogP contribution is -2.50. The van der Waals surface area contributed by atoms with Gasteiger partial charge in [-0.3, -0.25) is 0 Å². The number of rotatable bonds is 2. The third kappa shape index (κ3) is 2.35. The molecule has 4 rings (SSSR count). The van der Waals surface area contributed by atoms with E-state index in [0.717, 1.165) is 16.8 Å². The molecule has 126 valence electrons. The number of nitrogens with zero attached hydrogens (tertiary/aromatic N) is 1. The van der Waals surface area contributed by atoms with Gasteiger partial charge in [0, 0.05) is 12.1 Å². The fraction of sp³-hybridized carbons (Fsp3) is 0.111. The lowest BCUT2D eigenvalue weighted by Gasteiger charge is -2.35. The Hall–Kier alpha value is -2.35. The number of thiol groups is 1. The van der Waals surface area contributed by atoms with Gasteiger partial charge < -0.3 is 9.84 Å². The molecule has 0 spiro atoms. The van der Waals surface area contributed by atoms with E-state index in [1.165, 1.54) is 0 Å². The first-order valence-corrected chi connectivity index (χ1v) is 8.48. The largest absolute Gasteiger partial charge is 0.476 e. The first-order chi connectivity index (χ1) is 11.9. The summed E-state index contributed by atoms with van der Waals surface area (Å²) in [5, 5.41) is 9.83. The third-order valence-corrected chi connectivity index (χ3v) is 5.31. The van der Waals surface area contributed by atoms with Crippen LogP contribution in [0.1, 0.15) is 17.2 Å². The van der Waals surface area contributed by atoms with E-state index in [9.17, 15) is 9.90 Å². The number of ether oxygens (including phenoxy) is 1. The van der Waals surface area contributed by atoms with E-state index in [0.29, 0.717) is 11.3 Å². The quantitative estimate of drug-likeness (QED) is 0.429. The van der Waals surface area contributed by atoms with Crippen LogP contribution in [-0.4, -0.2) is 16.1 Å². The van der Waals surface area contributed by atoms with Crippen molar-refractivity contribution in [2.45, 2.75) is 13.0 Å². The highest BCUT2D eigenvalue weighted by molar-refractivity contribution is 7.80. The maximum Gasteiger partial charge on any atom is 0.357 e. The molecule has 2 aliphatic heterocycles. The topological polar surface area (TPSA) is 58.6 Å². The molecule has 2 atom stereocenters. The molecular formula is C18H15N2O3S2+. The first kappa shape index (κ1) is 16.1. The van der Waals surface area contributed by atoms with E-state index in [4.69, 9.17) is 29.8 Å². The van der Waals surface area contributed by atoms with Crippen LogP contribution in [0, 0.1) is 6.92 Å². The molecule has 0 saturated carbocycles. The van der Waals surface area contributed by atoms with Crippen molar-refractivity contribution in [2.75, 3.05) is 0 Å². The average molecular weight is 371 g/mol. The number of carboxylic acid groups (broad SMARTS) is 1. The zero-order chi connectivity index (χ0) is 17.8. The highest BCUT2D eigenvalue weighted by Gasteiger charge is 2.55. The molecule has 2 aromatic carbocycles. The van der Waals surface area contributed by atoms with Crippen molar-refractivity contribution >= 4 is 41.7 Å². The van der Waals surface area contributed by atoms with E-state index in [1.54, 1.807) is 0 Å². The van der Waals surface area contributed by atoms with Crippen molar-refractivity contribution in [1.29, 1.82) is 0 Å². The second-order valence-corrected chi connectivity index (χ2v) is 7.06. The number of aryl methyl sites for hydroxylation is 1. The Bertz CT molecular complexity index is 957. The maximum absolute atomic E-state index is 11.8. The van der Waals surface area contributed by atoms with Gasteiger partial charge in [0.15, 0.2) is 17.4 Å². The highest BCUT2D eigenvalue weighted by atomic mass is 32.1. The number of nitrogens with one attached hydrogen (secondary N) is 1. The van der Waals surface area contributed by atoms with E-state index >= 15 is 0 Å². The van der Waals surface area contributed by atoms with Crippen molar-refractivity contribution in [1.82, 2.24) is 9.42 Å². The number of aliphatic carboxylic acids is 1. The van der Waals surface area contributed by atoms with Crippen LogP contribution in [0.4, 0.5) is 5.69 Å². The van der Waals surface area contributed by atoms with E-state index in [-0.39, 0.29) is 14.7 Å². The monoisotopic (exact) mass is 371 g/mol.